The molecule has 2 N–H and O–H groups in total. The third kappa shape index (κ3) is 3.51. The Kier molecular flexibility index (Phi) is 6.13. The van der Waals surface area contributed by atoms with Gasteiger partial charge in [-0.25, -0.2) is 0 Å². The van der Waals surface area contributed by atoms with Crippen molar-refractivity contribution in [2.24, 2.45) is 11.7 Å². The summed E-state index contributed by atoms with van der Waals surface area (Å²) in [7, 11) is 0. The summed E-state index contributed by atoms with van der Waals surface area (Å²) in [6.45, 7) is 4.00. The van der Waals surface area contributed by atoms with Crippen molar-refractivity contribution >= 4 is 6.29 Å². The van der Waals surface area contributed by atoms with Crippen LogP contribution in [-0.2, 0) is 4.79 Å². The van der Waals surface area contributed by atoms with Gasteiger partial charge in [-0.3, -0.25) is 0 Å². The van der Waals surface area contributed by atoms with Crippen LogP contribution in [0.2, 0.25) is 0 Å². The summed E-state index contributed by atoms with van der Waals surface area (Å²) in [5, 5.41) is 0. The molecule has 0 aromatic rings. The first kappa shape index (κ1) is 10.6. The molecule has 0 radical (unpaired) electrons. The van der Waals surface area contributed by atoms with Crippen LogP contribution in [-0.4, -0.2) is 12.3 Å². The lowest BCUT2D eigenvalue weighted by molar-refractivity contribution is -0.109. The molecule has 1 atom stereocenters. The van der Waals surface area contributed by atoms with Crippen molar-refractivity contribution in [1.82, 2.24) is 0 Å². The Bertz CT molecular complexity index is 103. The predicted molar refractivity (Wildman–Crippen MR) is 49.5 cm³/mol. The van der Waals surface area contributed by atoms with Crippen LogP contribution >= 0.6 is 0 Å². The van der Waals surface area contributed by atoms with E-state index in [2.05, 4.69) is 0 Å². The van der Waals surface area contributed by atoms with Crippen molar-refractivity contribution in [1.29, 1.82) is 0 Å². The zero-order valence-corrected chi connectivity index (χ0v) is 7.55. The number of carbonyl (C=O) groups excluding carboxylic acids is 1. The number of hydrogen-bond donors (Lipinski definition) is 1. The summed E-state index contributed by atoms with van der Waals surface area (Å²) in [5.74, 6) is 0.488. The summed E-state index contributed by atoms with van der Waals surface area (Å²) >= 11 is 0. The van der Waals surface area contributed by atoms with E-state index in [9.17, 15) is 4.79 Å². The van der Waals surface area contributed by atoms with Crippen molar-refractivity contribution in [3.05, 3.63) is 0 Å². The SMILES string of the molecule is CC.N[C@H](C=O)C1CCCC1.[HH]. The van der Waals surface area contributed by atoms with Crippen LogP contribution in [0, 0.1) is 5.92 Å². The van der Waals surface area contributed by atoms with Crippen LogP contribution in [0.4, 0.5) is 0 Å². The highest BCUT2D eigenvalue weighted by molar-refractivity contribution is 5.57. The van der Waals surface area contributed by atoms with Crippen LogP contribution in [0.1, 0.15) is 41.0 Å². The molecular weight excluding hydrogens is 138 g/mol. The largest absolute Gasteiger partial charge is 0.322 e. The monoisotopic (exact) mass is 159 g/mol. The topological polar surface area (TPSA) is 43.1 Å². The highest BCUT2D eigenvalue weighted by Gasteiger charge is 2.20. The normalized spacial score (nSPS) is 20.3. The molecule has 1 aliphatic carbocycles. The first-order chi connectivity index (χ1) is 5.34. The molecule has 2 nitrogen and oxygen atoms in total. The Morgan fingerprint density at radius 1 is 1.45 bits per heavy atom. The Balaban J connectivity index is 0. The van der Waals surface area contributed by atoms with Crippen molar-refractivity contribution in [3.63, 3.8) is 0 Å². The van der Waals surface area contributed by atoms with E-state index < -0.39 is 0 Å². The Hall–Kier alpha value is -0.370. The maximum atomic E-state index is 10.2. The summed E-state index contributed by atoms with van der Waals surface area (Å²) in [4.78, 5) is 10.2. The van der Waals surface area contributed by atoms with E-state index in [-0.39, 0.29) is 7.47 Å². The molecule has 1 fully saturated rings. The van der Waals surface area contributed by atoms with Crippen LogP contribution < -0.4 is 5.73 Å². The van der Waals surface area contributed by atoms with E-state index in [1.54, 1.807) is 0 Å². The van der Waals surface area contributed by atoms with E-state index in [4.69, 9.17) is 5.73 Å². The fourth-order valence-corrected chi connectivity index (χ4v) is 1.45. The molecule has 1 saturated carbocycles. The van der Waals surface area contributed by atoms with Gasteiger partial charge in [0.1, 0.15) is 6.29 Å². The molecule has 0 heterocycles. The number of hydrogen-bond acceptors (Lipinski definition) is 2. The Labute approximate surface area is 70.6 Å². The Morgan fingerprint density at radius 3 is 2.27 bits per heavy atom. The van der Waals surface area contributed by atoms with Gasteiger partial charge in [-0.05, 0) is 18.8 Å². The third-order valence-corrected chi connectivity index (χ3v) is 2.10. The van der Waals surface area contributed by atoms with Gasteiger partial charge < -0.3 is 10.5 Å². The lowest BCUT2D eigenvalue weighted by atomic mass is 10.0. The lowest BCUT2D eigenvalue weighted by Gasteiger charge is -2.10. The third-order valence-electron chi connectivity index (χ3n) is 2.10. The number of rotatable bonds is 2. The molecule has 0 amide bonds. The van der Waals surface area contributed by atoms with Gasteiger partial charge in [0.25, 0.3) is 0 Å². The van der Waals surface area contributed by atoms with Gasteiger partial charge in [0, 0.05) is 1.43 Å². The smallest absolute Gasteiger partial charge is 0.136 e. The summed E-state index contributed by atoms with van der Waals surface area (Å²) in [5.41, 5.74) is 5.51. The van der Waals surface area contributed by atoms with Gasteiger partial charge in [-0.2, -0.15) is 0 Å². The molecule has 1 rings (SSSR count). The summed E-state index contributed by atoms with van der Waals surface area (Å²) in [6.07, 6.45) is 5.69. The number of aldehydes is 1. The molecule has 0 spiro atoms. The van der Waals surface area contributed by atoms with Gasteiger partial charge in [-0.1, -0.05) is 26.7 Å². The van der Waals surface area contributed by atoms with Crippen LogP contribution in [0.15, 0.2) is 0 Å². The first-order valence-corrected chi connectivity index (χ1v) is 4.55. The quantitative estimate of drug-likeness (QED) is 0.626. The lowest BCUT2D eigenvalue weighted by Crippen LogP contribution is -2.29. The minimum Gasteiger partial charge on any atom is -0.322 e. The molecular formula is C9H21NO. The highest BCUT2D eigenvalue weighted by Crippen LogP contribution is 2.25. The maximum Gasteiger partial charge on any atom is 0.136 e. The van der Waals surface area contributed by atoms with Gasteiger partial charge >= 0.3 is 0 Å². The van der Waals surface area contributed by atoms with E-state index >= 15 is 0 Å². The van der Waals surface area contributed by atoms with Crippen molar-refractivity contribution in [3.8, 4) is 0 Å². The predicted octanol–water partition coefficient (Wildman–Crippen LogP) is 1.97. The maximum absolute atomic E-state index is 10.2. The molecule has 68 valence electrons. The molecule has 1 aliphatic rings. The van der Waals surface area contributed by atoms with Crippen molar-refractivity contribution < 1.29 is 6.22 Å². The highest BCUT2D eigenvalue weighted by atomic mass is 16.1. The minimum atomic E-state index is -0.188. The number of carbonyl (C=O) groups is 1. The second-order valence-corrected chi connectivity index (χ2v) is 2.76. The van der Waals surface area contributed by atoms with Gasteiger partial charge in [0.05, 0.1) is 6.04 Å². The fourth-order valence-electron chi connectivity index (χ4n) is 1.45. The second-order valence-electron chi connectivity index (χ2n) is 2.76. The van der Waals surface area contributed by atoms with E-state index in [1.165, 1.54) is 12.8 Å². The van der Waals surface area contributed by atoms with Gasteiger partial charge in [0.2, 0.25) is 0 Å². The van der Waals surface area contributed by atoms with Gasteiger partial charge in [-0.15, -0.1) is 0 Å². The van der Waals surface area contributed by atoms with Crippen LogP contribution in [0.5, 0.6) is 0 Å². The second kappa shape index (κ2) is 6.35. The summed E-state index contributed by atoms with van der Waals surface area (Å²) < 4.78 is 0. The zero-order valence-electron chi connectivity index (χ0n) is 7.55. The number of nitrogens with two attached hydrogens (primary N) is 1. The molecule has 0 saturated heterocycles. The fraction of sp³-hybridized carbons (Fsp3) is 0.889. The van der Waals surface area contributed by atoms with Gasteiger partial charge in [0.15, 0.2) is 0 Å². The molecule has 2 heteroatoms. The average molecular weight is 159 g/mol. The van der Waals surface area contributed by atoms with E-state index in [1.807, 2.05) is 13.8 Å². The summed E-state index contributed by atoms with van der Waals surface area (Å²) in [6, 6.07) is -0.188. The molecule has 0 aliphatic heterocycles. The first-order valence-electron chi connectivity index (χ1n) is 4.55. The standard InChI is InChI=1S/C7H13NO.C2H6.H2/c8-7(5-9)6-3-1-2-4-6;1-2;/h5-7H,1-4,8H2;1-2H3;1H/t7-;;/m1../s1. The van der Waals surface area contributed by atoms with Crippen LogP contribution in [0.3, 0.4) is 0 Å². The molecule has 0 aromatic carbocycles. The van der Waals surface area contributed by atoms with E-state index in [0.29, 0.717) is 5.92 Å². The van der Waals surface area contributed by atoms with E-state index in [0.717, 1.165) is 19.1 Å². The molecule has 0 bridgehead atoms. The van der Waals surface area contributed by atoms with Crippen molar-refractivity contribution in [2.75, 3.05) is 0 Å². The molecule has 11 heavy (non-hydrogen) atoms. The zero-order chi connectivity index (χ0) is 8.69. The molecule has 0 unspecified atom stereocenters. The average Bonchev–Trinajstić information content (AvgIpc) is 2.59. The van der Waals surface area contributed by atoms with Crippen LogP contribution in [0.25, 0.3) is 0 Å². The van der Waals surface area contributed by atoms with Crippen molar-refractivity contribution in [2.45, 2.75) is 45.6 Å². The Morgan fingerprint density at radius 2 is 1.91 bits per heavy atom. The molecule has 0 aromatic heterocycles. The minimum absolute atomic E-state index is 0.